The molecule has 27 heavy (non-hydrogen) atoms. The molecule has 6 heteroatoms. The topological polar surface area (TPSA) is 68.5 Å². The first-order valence-corrected chi connectivity index (χ1v) is 8.81. The van der Waals surface area contributed by atoms with Crippen LogP contribution in [0, 0.1) is 0 Å². The van der Waals surface area contributed by atoms with Gasteiger partial charge in [0.1, 0.15) is 5.52 Å². The average Bonchev–Trinajstić information content (AvgIpc) is 3.12. The quantitative estimate of drug-likeness (QED) is 0.564. The lowest BCUT2D eigenvalue weighted by atomic mass is 10.2. The highest BCUT2D eigenvalue weighted by Gasteiger charge is 2.15. The standard InChI is InChI=1S/C21H20N6/c1-3-19-25-18-10-13-27(14-16-8-4-6-11-22-16)20(18)21(26-19)24-15(2)17-9-5-7-12-23-17/h3-13,15H,1,14H2,2H3,(H,24,25,26). The summed E-state index contributed by atoms with van der Waals surface area (Å²) in [5.74, 6) is 1.35. The van der Waals surface area contributed by atoms with Crippen LogP contribution in [0.25, 0.3) is 17.1 Å². The predicted octanol–water partition coefficient (Wildman–Crippen LogP) is 4.09. The van der Waals surface area contributed by atoms with Crippen LogP contribution in [0.1, 0.15) is 30.2 Å². The summed E-state index contributed by atoms with van der Waals surface area (Å²) in [4.78, 5) is 18.1. The molecule has 0 aliphatic rings. The Labute approximate surface area is 157 Å². The molecule has 1 atom stereocenters. The predicted molar refractivity (Wildman–Crippen MR) is 107 cm³/mol. The van der Waals surface area contributed by atoms with Gasteiger partial charge in [-0.1, -0.05) is 18.7 Å². The minimum Gasteiger partial charge on any atom is -0.360 e. The Morgan fingerprint density at radius 2 is 1.89 bits per heavy atom. The highest BCUT2D eigenvalue weighted by molar-refractivity contribution is 5.87. The molecule has 4 aromatic heterocycles. The molecule has 0 fully saturated rings. The molecule has 0 bridgehead atoms. The summed E-state index contributed by atoms with van der Waals surface area (Å²) in [6.45, 7) is 6.52. The van der Waals surface area contributed by atoms with Crippen molar-refractivity contribution in [1.82, 2.24) is 24.5 Å². The first-order chi connectivity index (χ1) is 13.2. The zero-order valence-electron chi connectivity index (χ0n) is 15.1. The number of anilines is 1. The molecule has 0 aliphatic heterocycles. The van der Waals surface area contributed by atoms with E-state index in [4.69, 9.17) is 0 Å². The van der Waals surface area contributed by atoms with Gasteiger partial charge in [-0.2, -0.15) is 0 Å². The van der Waals surface area contributed by atoms with Crippen LogP contribution in [0.15, 0.2) is 67.6 Å². The number of nitrogens with one attached hydrogen (secondary N) is 1. The average molecular weight is 356 g/mol. The van der Waals surface area contributed by atoms with E-state index >= 15 is 0 Å². The summed E-state index contributed by atoms with van der Waals surface area (Å²) < 4.78 is 2.11. The van der Waals surface area contributed by atoms with Crippen LogP contribution >= 0.6 is 0 Å². The maximum atomic E-state index is 4.65. The van der Waals surface area contributed by atoms with Gasteiger partial charge in [0.2, 0.25) is 0 Å². The van der Waals surface area contributed by atoms with Crippen molar-refractivity contribution in [2.45, 2.75) is 19.5 Å². The van der Waals surface area contributed by atoms with Gasteiger partial charge < -0.3 is 9.88 Å². The molecule has 0 aromatic carbocycles. The highest BCUT2D eigenvalue weighted by atomic mass is 15.1. The van der Waals surface area contributed by atoms with Gasteiger partial charge in [0, 0.05) is 18.6 Å². The molecule has 0 radical (unpaired) electrons. The van der Waals surface area contributed by atoms with Crippen molar-refractivity contribution in [2.24, 2.45) is 0 Å². The van der Waals surface area contributed by atoms with Crippen molar-refractivity contribution >= 4 is 22.9 Å². The van der Waals surface area contributed by atoms with Crippen LogP contribution in [0.3, 0.4) is 0 Å². The van der Waals surface area contributed by atoms with Crippen molar-refractivity contribution in [1.29, 1.82) is 0 Å². The van der Waals surface area contributed by atoms with Crippen LogP contribution in [0.4, 0.5) is 5.82 Å². The Morgan fingerprint density at radius 1 is 1.07 bits per heavy atom. The first kappa shape index (κ1) is 16.9. The molecule has 0 spiro atoms. The summed E-state index contributed by atoms with van der Waals surface area (Å²) in [5, 5.41) is 3.49. The molecule has 4 aromatic rings. The lowest BCUT2D eigenvalue weighted by Gasteiger charge is -2.16. The third-order valence-corrected chi connectivity index (χ3v) is 4.35. The van der Waals surface area contributed by atoms with E-state index < -0.39 is 0 Å². The SMILES string of the molecule is C=Cc1nc(NC(C)c2ccccn2)c2c(ccn2Cc2ccccn2)n1. The Kier molecular flexibility index (Phi) is 4.61. The maximum Gasteiger partial charge on any atom is 0.155 e. The number of pyridine rings is 2. The number of aromatic nitrogens is 5. The van der Waals surface area contributed by atoms with E-state index in [1.54, 1.807) is 18.5 Å². The molecule has 134 valence electrons. The number of hydrogen-bond donors (Lipinski definition) is 1. The summed E-state index contributed by atoms with van der Waals surface area (Å²) in [5.41, 5.74) is 3.74. The van der Waals surface area contributed by atoms with Gasteiger partial charge in [0.25, 0.3) is 0 Å². The highest BCUT2D eigenvalue weighted by Crippen LogP contribution is 2.26. The molecule has 0 aliphatic carbocycles. The third kappa shape index (κ3) is 3.55. The van der Waals surface area contributed by atoms with Crippen LogP contribution in [0.5, 0.6) is 0 Å². The van der Waals surface area contributed by atoms with Gasteiger partial charge >= 0.3 is 0 Å². The zero-order chi connectivity index (χ0) is 18.6. The van der Waals surface area contributed by atoms with Crippen molar-refractivity contribution < 1.29 is 0 Å². The van der Waals surface area contributed by atoms with Crippen LogP contribution in [-0.2, 0) is 6.54 Å². The second-order valence-electron chi connectivity index (χ2n) is 6.25. The Morgan fingerprint density at radius 3 is 2.59 bits per heavy atom. The van der Waals surface area contributed by atoms with E-state index in [1.165, 1.54) is 0 Å². The minimum absolute atomic E-state index is 0.000153. The Balaban J connectivity index is 1.75. The van der Waals surface area contributed by atoms with Crippen molar-refractivity contribution in [3.8, 4) is 0 Å². The number of rotatable bonds is 6. The van der Waals surface area contributed by atoms with Gasteiger partial charge in [0.05, 0.1) is 29.5 Å². The molecular weight excluding hydrogens is 336 g/mol. The molecule has 0 saturated carbocycles. The van der Waals surface area contributed by atoms with E-state index in [1.807, 2.05) is 48.7 Å². The third-order valence-electron chi connectivity index (χ3n) is 4.35. The van der Waals surface area contributed by atoms with Crippen molar-refractivity contribution in [3.05, 3.63) is 84.8 Å². The summed E-state index contributed by atoms with van der Waals surface area (Å²) >= 11 is 0. The fourth-order valence-electron chi connectivity index (χ4n) is 3.03. The van der Waals surface area contributed by atoms with Crippen molar-refractivity contribution in [2.75, 3.05) is 5.32 Å². The van der Waals surface area contributed by atoms with Crippen molar-refractivity contribution in [3.63, 3.8) is 0 Å². The number of hydrogen-bond acceptors (Lipinski definition) is 5. The Hall–Kier alpha value is -3.54. The number of fused-ring (bicyclic) bond motifs is 1. The van der Waals surface area contributed by atoms with Crippen LogP contribution in [-0.4, -0.2) is 24.5 Å². The van der Waals surface area contributed by atoms with E-state index in [0.29, 0.717) is 12.4 Å². The maximum absolute atomic E-state index is 4.65. The number of nitrogens with zero attached hydrogens (tertiary/aromatic N) is 5. The molecule has 1 unspecified atom stereocenters. The molecule has 1 N–H and O–H groups in total. The van der Waals surface area contributed by atoms with E-state index in [0.717, 1.165) is 28.2 Å². The summed E-state index contributed by atoms with van der Waals surface area (Å²) in [7, 11) is 0. The minimum atomic E-state index is 0.000153. The van der Waals surface area contributed by atoms with E-state index in [-0.39, 0.29) is 6.04 Å². The van der Waals surface area contributed by atoms with Gasteiger partial charge in [-0.3, -0.25) is 9.97 Å². The summed E-state index contributed by atoms with van der Waals surface area (Å²) in [6, 6.07) is 13.8. The summed E-state index contributed by atoms with van der Waals surface area (Å²) in [6.07, 6.45) is 7.27. The molecule has 0 saturated heterocycles. The smallest absolute Gasteiger partial charge is 0.155 e. The van der Waals surface area contributed by atoms with E-state index in [2.05, 4.69) is 43.3 Å². The zero-order valence-corrected chi connectivity index (χ0v) is 15.1. The molecule has 4 rings (SSSR count). The second kappa shape index (κ2) is 7.37. The fraction of sp³-hybridized carbons (Fsp3) is 0.143. The van der Waals surface area contributed by atoms with Gasteiger partial charge in [-0.25, -0.2) is 9.97 Å². The molecule has 0 amide bonds. The monoisotopic (exact) mass is 356 g/mol. The largest absolute Gasteiger partial charge is 0.360 e. The normalized spacial score (nSPS) is 12.0. The lowest BCUT2D eigenvalue weighted by Crippen LogP contribution is -2.12. The molecule has 4 heterocycles. The van der Waals surface area contributed by atoms with Gasteiger partial charge in [-0.05, 0) is 43.3 Å². The fourth-order valence-corrected chi connectivity index (χ4v) is 3.03. The Bertz CT molecular complexity index is 1060. The van der Waals surface area contributed by atoms with E-state index in [9.17, 15) is 0 Å². The lowest BCUT2D eigenvalue weighted by molar-refractivity contribution is 0.796. The molecule has 6 nitrogen and oxygen atoms in total. The first-order valence-electron chi connectivity index (χ1n) is 8.81. The van der Waals surface area contributed by atoms with Gasteiger partial charge in [-0.15, -0.1) is 0 Å². The molecular formula is C21H20N6. The van der Waals surface area contributed by atoms with Gasteiger partial charge in [0.15, 0.2) is 11.6 Å². The van der Waals surface area contributed by atoms with Crippen LogP contribution in [0.2, 0.25) is 0 Å². The second-order valence-corrected chi connectivity index (χ2v) is 6.25. The van der Waals surface area contributed by atoms with Crippen LogP contribution < -0.4 is 5.32 Å².